The van der Waals surface area contributed by atoms with E-state index in [4.69, 9.17) is 0 Å². The van der Waals surface area contributed by atoms with Crippen molar-refractivity contribution in [3.05, 3.63) is 52.3 Å². The van der Waals surface area contributed by atoms with Crippen LogP contribution in [0.25, 0.3) is 0 Å². The Hall–Kier alpha value is -2.36. The second-order valence-corrected chi connectivity index (χ2v) is 5.97. The lowest BCUT2D eigenvalue weighted by Crippen LogP contribution is -2.27. The summed E-state index contributed by atoms with van der Waals surface area (Å²) in [5.74, 6) is -0.0634. The Morgan fingerprint density at radius 1 is 1.26 bits per heavy atom. The van der Waals surface area contributed by atoms with Gasteiger partial charge in [-0.05, 0) is 57.4 Å². The number of hydrogen-bond acceptors (Lipinski definition) is 3. The van der Waals surface area contributed by atoms with Crippen molar-refractivity contribution in [1.29, 1.82) is 0 Å². The average Bonchev–Trinajstić information content (AvgIpc) is 2.81. The number of carbonyl (C=O) groups excluding carboxylic acids is 2. The number of H-pyrrole nitrogens is 1. The minimum Gasteiger partial charge on any atom is -0.375 e. The summed E-state index contributed by atoms with van der Waals surface area (Å²) >= 11 is 0. The third kappa shape index (κ3) is 3.52. The Balaban J connectivity index is 2.23. The molecule has 1 aromatic carbocycles. The molecule has 1 atom stereocenters. The van der Waals surface area contributed by atoms with Gasteiger partial charge < -0.3 is 10.3 Å². The Morgan fingerprint density at radius 2 is 1.96 bits per heavy atom. The van der Waals surface area contributed by atoms with E-state index in [2.05, 4.69) is 29.4 Å². The van der Waals surface area contributed by atoms with Crippen LogP contribution in [0.3, 0.4) is 0 Å². The van der Waals surface area contributed by atoms with Crippen molar-refractivity contribution in [2.75, 3.05) is 5.32 Å². The van der Waals surface area contributed by atoms with Crippen molar-refractivity contribution in [2.24, 2.45) is 0 Å². The summed E-state index contributed by atoms with van der Waals surface area (Å²) in [5, 5.41) is 3.25. The largest absolute Gasteiger partial charge is 0.375 e. The van der Waals surface area contributed by atoms with Gasteiger partial charge in [-0.3, -0.25) is 9.59 Å². The van der Waals surface area contributed by atoms with Crippen molar-refractivity contribution < 1.29 is 9.59 Å². The molecule has 0 aliphatic carbocycles. The highest BCUT2D eigenvalue weighted by Crippen LogP contribution is 2.21. The maximum Gasteiger partial charge on any atom is 0.201 e. The van der Waals surface area contributed by atoms with Crippen LogP contribution in [-0.4, -0.2) is 22.6 Å². The van der Waals surface area contributed by atoms with Crippen LogP contribution < -0.4 is 5.32 Å². The molecule has 1 heterocycles. The second-order valence-electron chi connectivity index (χ2n) is 5.97. The number of Topliss-reactive ketones (excluding diaryl/α,β-unsaturated/α-hetero) is 2. The van der Waals surface area contributed by atoms with Gasteiger partial charge in [0.1, 0.15) is 0 Å². The van der Waals surface area contributed by atoms with Crippen molar-refractivity contribution in [3.8, 4) is 0 Å². The molecular formula is C19H24N2O2. The van der Waals surface area contributed by atoms with E-state index >= 15 is 0 Å². The fourth-order valence-corrected chi connectivity index (χ4v) is 2.94. The van der Waals surface area contributed by atoms with E-state index in [0.29, 0.717) is 11.3 Å². The number of ketones is 2. The van der Waals surface area contributed by atoms with Crippen molar-refractivity contribution in [3.63, 3.8) is 0 Å². The fourth-order valence-electron chi connectivity index (χ4n) is 2.94. The molecule has 0 amide bonds. The summed E-state index contributed by atoms with van der Waals surface area (Å²) in [7, 11) is 0. The summed E-state index contributed by atoms with van der Waals surface area (Å²) in [6, 6.07) is 7.68. The van der Waals surface area contributed by atoms with Gasteiger partial charge in [-0.1, -0.05) is 19.1 Å². The smallest absolute Gasteiger partial charge is 0.201 e. The Morgan fingerprint density at radius 3 is 2.52 bits per heavy atom. The molecule has 0 aliphatic rings. The van der Waals surface area contributed by atoms with Gasteiger partial charge >= 0.3 is 0 Å². The first-order valence-electron chi connectivity index (χ1n) is 7.94. The minimum atomic E-state index is -0.376. The molecule has 0 fully saturated rings. The van der Waals surface area contributed by atoms with Crippen molar-refractivity contribution in [2.45, 2.75) is 47.1 Å². The summed E-state index contributed by atoms with van der Waals surface area (Å²) < 4.78 is 0. The quantitative estimate of drug-likeness (QED) is 0.790. The van der Waals surface area contributed by atoms with Gasteiger partial charge in [-0.25, -0.2) is 0 Å². The molecule has 0 bridgehead atoms. The van der Waals surface area contributed by atoms with E-state index in [9.17, 15) is 9.59 Å². The van der Waals surface area contributed by atoms with Crippen LogP contribution >= 0.6 is 0 Å². The summed E-state index contributed by atoms with van der Waals surface area (Å²) in [6.45, 7) is 9.10. The van der Waals surface area contributed by atoms with Crippen LogP contribution in [0.1, 0.15) is 58.4 Å². The molecule has 23 heavy (non-hydrogen) atoms. The SMILES string of the molecule is CCc1cccc(N[C@H](C)C(=O)c2[nH]c(C)c(C(C)=O)c2C)c1. The lowest BCUT2D eigenvalue weighted by molar-refractivity contribution is 0.0970. The van der Waals surface area contributed by atoms with Gasteiger partial charge in [0.2, 0.25) is 5.78 Å². The third-order valence-electron chi connectivity index (χ3n) is 4.15. The van der Waals surface area contributed by atoms with E-state index in [1.165, 1.54) is 12.5 Å². The van der Waals surface area contributed by atoms with Gasteiger partial charge in [-0.15, -0.1) is 0 Å². The number of carbonyl (C=O) groups is 2. The zero-order valence-corrected chi connectivity index (χ0v) is 14.4. The highest BCUT2D eigenvalue weighted by atomic mass is 16.1. The molecule has 122 valence electrons. The van der Waals surface area contributed by atoms with Crippen LogP contribution in [0.5, 0.6) is 0 Å². The number of aryl methyl sites for hydroxylation is 2. The highest BCUT2D eigenvalue weighted by Gasteiger charge is 2.23. The van der Waals surface area contributed by atoms with E-state index in [1.54, 1.807) is 0 Å². The number of benzene rings is 1. The number of hydrogen-bond donors (Lipinski definition) is 2. The van der Waals surface area contributed by atoms with E-state index in [-0.39, 0.29) is 17.6 Å². The average molecular weight is 312 g/mol. The maximum absolute atomic E-state index is 12.7. The summed E-state index contributed by atoms with van der Waals surface area (Å²) in [6.07, 6.45) is 0.953. The topological polar surface area (TPSA) is 62.0 Å². The Bertz CT molecular complexity index is 744. The number of aromatic amines is 1. The predicted molar refractivity (Wildman–Crippen MR) is 93.5 cm³/mol. The first-order valence-corrected chi connectivity index (χ1v) is 7.94. The maximum atomic E-state index is 12.7. The minimum absolute atomic E-state index is 0.0217. The van der Waals surface area contributed by atoms with E-state index < -0.39 is 0 Å². The van der Waals surface area contributed by atoms with Crippen molar-refractivity contribution in [1.82, 2.24) is 4.98 Å². The Labute approximate surface area is 137 Å². The van der Waals surface area contributed by atoms with Crippen molar-refractivity contribution >= 4 is 17.3 Å². The normalized spacial score (nSPS) is 12.0. The zero-order chi connectivity index (χ0) is 17.1. The number of aromatic nitrogens is 1. The third-order valence-corrected chi connectivity index (χ3v) is 4.15. The molecule has 2 aromatic rings. The Kier molecular flexibility index (Phi) is 5.04. The van der Waals surface area contributed by atoms with Gasteiger partial charge in [0.15, 0.2) is 5.78 Å². The lowest BCUT2D eigenvalue weighted by atomic mass is 10.0. The fraction of sp³-hybridized carbons (Fsp3) is 0.368. The van der Waals surface area contributed by atoms with Gasteiger partial charge in [0.25, 0.3) is 0 Å². The molecule has 0 unspecified atom stereocenters. The molecule has 0 spiro atoms. The van der Waals surface area contributed by atoms with Crippen LogP contribution in [0.4, 0.5) is 5.69 Å². The van der Waals surface area contributed by atoms with Gasteiger partial charge in [0, 0.05) is 16.9 Å². The summed E-state index contributed by atoms with van der Waals surface area (Å²) in [4.78, 5) is 27.5. The lowest BCUT2D eigenvalue weighted by Gasteiger charge is -2.15. The predicted octanol–water partition coefficient (Wildman–Crippen LogP) is 4.08. The molecule has 0 saturated heterocycles. The van der Waals surface area contributed by atoms with Crippen LogP contribution in [0.2, 0.25) is 0 Å². The van der Waals surface area contributed by atoms with Crippen LogP contribution in [0, 0.1) is 13.8 Å². The number of anilines is 1. The molecule has 0 aliphatic heterocycles. The molecule has 4 nitrogen and oxygen atoms in total. The molecule has 0 radical (unpaired) electrons. The van der Waals surface area contributed by atoms with E-state index in [1.807, 2.05) is 32.9 Å². The first-order chi connectivity index (χ1) is 10.8. The molecule has 2 rings (SSSR count). The first kappa shape index (κ1) is 17.0. The van der Waals surface area contributed by atoms with Gasteiger partial charge in [-0.2, -0.15) is 0 Å². The second kappa shape index (κ2) is 6.82. The van der Waals surface area contributed by atoms with E-state index in [0.717, 1.165) is 23.4 Å². The standard InChI is InChI=1S/C19H24N2O2/c1-6-15-8-7-9-16(10-15)20-13(4)19(23)18-11(2)17(14(5)22)12(3)21-18/h7-10,13,20-21H,6H2,1-5H3/t13-/m1/s1. The van der Waals surface area contributed by atoms with Gasteiger partial charge in [0.05, 0.1) is 11.7 Å². The molecule has 0 saturated carbocycles. The van der Waals surface area contributed by atoms with Crippen LogP contribution in [0.15, 0.2) is 24.3 Å². The zero-order valence-electron chi connectivity index (χ0n) is 14.4. The molecule has 2 N–H and O–H groups in total. The molecule has 4 heteroatoms. The molecular weight excluding hydrogens is 288 g/mol. The number of rotatable bonds is 6. The number of nitrogens with one attached hydrogen (secondary N) is 2. The van der Waals surface area contributed by atoms with Crippen LogP contribution in [-0.2, 0) is 6.42 Å². The highest BCUT2D eigenvalue weighted by molar-refractivity contribution is 6.05. The monoisotopic (exact) mass is 312 g/mol. The molecule has 1 aromatic heterocycles. The summed E-state index contributed by atoms with van der Waals surface area (Å²) in [5.41, 5.74) is 4.76.